The average molecular weight is 527 g/mol. The molecule has 6 nitrogen and oxygen atoms in total. The first kappa shape index (κ1) is 24.2. The quantitative estimate of drug-likeness (QED) is 0.147. The molecule has 0 fully saturated rings. The van der Waals surface area contributed by atoms with E-state index < -0.39 is 11.5 Å². The van der Waals surface area contributed by atoms with Crippen molar-refractivity contribution in [3.05, 3.63) is 118 Å². The third-order valence-corrected chi connectivity index (χ3v) is 5.92. The number of rotatable bonds is 5. The Balaban J connectivity index is 1.23. The smallest absolute Gasteiger partial charge is 0.344 e. The highest BCUT2D eigenvalue weighted by Crippen LogP contribution is 2.25. The number of nitrogens with one attached hydrogen (secondary N) is 2. The maximum absolute atomic E-state index is 12.5. The summed E-state index contributed by atoms with van der Waals surface area (Å²) in [6.45, 7) is 0. The fourth-order valence-electron chi connectivity index (χ4n) is 3.71. The fraction of sp³-hybridized carbons (Fsp3) is 0. The number of thiocarbonyl (C=S) groups is 1. The Morgan fingerprint density at radius 2 is 1.68 bits per heavy atom. The monoisotopic (exact) mass is 526 g/mol. The third-order valence-electron chi connectivity index (χ3n) is 5.46. The maximum atomic E-state index is 12.5. The van der Waals surface area contributed by atoms with E-state index >= 15 is 0 Å². The van der Waals surface area contributed by atoms with Gasteiger partial charge in [0.05, 0.1) is 5.56 Å². The van der Waals surface area contributed by atoms with Crippen LogP contribution in [0.1, 0.15) is 5.76 Å². The molecule has 2 aromatic heterocycles. The average Bonchev–Trinajstić information content (AvgIpc) is 3.37. The Kier molecular flexibility index (Phi) is 6.98. The first-order valence-corrected chi connectivity index (χ1v) is 12.0. The predicted molar refractivity (Wildman–Crippen MR) is 150 cm³/mol. The van der Waals surface area contributed by atoms with Crippen molar-refractivity contribution >= 4 is 57.6 Å². The minimum Gasteiger partial charge on any atom is -0.457 e. The van der Waals surface area contributed by atoms with Gasteiger partial charge in [0.2, 0.25) is 5.91 Å². The van der Waals surface area contributed by atoms with Gasteiger partial charge in [-0.25, -0.2) is 4.79 Å². The van der Waals surface area contributed by atoms with Crippen molar-refractivity contribution in [2.24, 2.45) is 0 Å². The molecule has 5 rings (SSSR count). The lowest BCUT2D eigenvalue weighted by Crippen LogP contribution is -2.32. The van der Waals surface area contributed by atoms with Gasteiger partial charge in [-0.15, -0.1) is 0 Å². The summed E-state index contributed by atoms with van der Waals surface area (Å²) in [5.74, 6) is 0.753. The number of fused-ring (bicyclic) bond motifs is 1. The highest BCUT2D eigenvalue weighted by Gasteiger charge is 2.10. The van der Waals surface area contributed by atoms with E-state index in [0.717, 1.165) is 10.9 Å². The van der Waals surface area contributed by atoms with Crippen LogP contribution < -0.4 is 16.3 Å². The van der Waals surface area contributed by atoms with Crippen LogP contribution in [0.25, 0.3) is 39.5 Å². The molecular formula is C29H19ClN2O4S. The molecule has 0 aliphatic heterocycles. The number of hydrogen-bond donors (Lipinski definition) is 2. The van der Waals surface area contributed by atoms with Gasteiger partial charge in [-0.1, -0.05) is 41.9 Å². The number of benzene rings is 3. The van der Waals surface area contributed by atoms with Crippen LogP contribution in [-0.2, 0) is 4.79 Å². The molecule has 0 spiro atoms. The normalized spacial score (nSPS) is 11.1. The zero-order valence-corrected chi connectivity index (χ0v) is 20.8. The minimum absolute atomic E-state index is 0.110. The summed E-state index contributed by atoms with van der Waals surface area (Å²) in [4.78, 5) is 24.9. The van der Waals surface area contributed by atoms with Crippen LogP contribution in [0, 0.1) is 0 Å². The second kappa shape index (κ2) is 10.7. The van der Waals surface area contributed by atoms with Gasteiger partial charge >= 0.3 is 5.63 Å². The van der Waals surface area contributed by atoms with Gasteiger partial charge in [0, 0.05) is 27.7 Å². The van der Waals surface area contributed by atoms with Crippen molar-refractivity contribution in [2.45, 2.75) is 0 Å². The summed E-state index contributed by atoms with van der Waals surface area (Å²) in [6.07, 6.45) is 2.88. The van der Waals surface area contributed by atoms with Crippen LogP contribution in [0.15, 0.2) is 111 Å². The number of carbonyl (C=O) groups excluding carboxylic acids is 1. The Labute approximate surface area is 222 Å². The largest absolute Gasteiger partial charge is 0.457 e. The SMILES string of the molecule is O=C(C=Cc1ccc(-c2ccc(Cl)cc2)o1)NC(=S)Nc1cccc(-c2cc3ccccc3oc2=O)c1. The van der Waals surface area contributed by atoms with E-state index in [1.807, 2.05) is 36.4 Å². The highest BCUT2D eigenvalue weighted by molar-refractivity contribution is 7.80. The van der Waals surface area contributed by atoms with Crippen molar-refractivity contribution < 1.29 is 13.6 Å². The zero-order valence-electron chi connectivity index (χ0n) is 19.2. The molecule has 0 atom stereocenters. The minimum atomic E-state index is -0.436. The number of carbonyl (C=O) groups is 1. The van der Waals surface area contributed by atoms with E-state index in [9.17, 15) is 9.59 Å². The molecule has 0 bridgehead atoms. The number of para-hydroxylation sites is 1. The Morgan fingerprint density at radius 3 is 2.51 bits per heavy atom. The van der Waals surface area contributed by atoms with E-state index in [2.05, 4.69) is 10.6 Å². The molecule has 0 aliphatic carbocycles. The maximum Gasteiger partial charge on any atom is 0.344 e. The fourth-order valence-corrected chi connectivity index (χ4v) is 4.06. The van der Waals surface area contributed by atoms with Gasteiger partial charge < -0.3 is 14.2 Å². The second-order valence-corrected chi connectivity index (χ2v) is 8.90. The zero-order chi connectivity index (χ0) is 25.8. The molecule has 2 heterocycles. The molecule has 3 aromatic carbocycles. The molecule has 0 radical (unpaired) electrons. The molecular weight excluding hydrogens is 508 g/mol. The summed E-state index contributed by atoms with van der Waals surface area (Å²) < 4.78 is 11.2. The van der Waals surface area contributed by atoms with E-state index in [0.29, 0.717) is 38.9 Å². The molecule has 2 N–H and O–H groups in total. The number of anilines is 1. The lowest BCUT2D eigenvalue weighted by molar-refractivity contribution is -0.115. The van der Waals surface area contributed by atoms with Gasteiger partial charge in [0.1, 0.15) is 17.1 Å². The number of hydrogen-bond acceptors (Lipinski definition) is 5. The summed E-state index contributed by atoms with van der Waals surface area (Å²) in [7, 11) is 0. The lowest BCUT2D eigenvalue weighted by Gasteiger charge is -2.10. The van der Waals surface area contributed by atoms with E-state index in [1.54, 1.807) is 60.7 Å². The number of amides is 1. The van der Waals surface area contributed by atoms with Gasteiger partial charge in [-0.05, 0) is 84.5 Å². The first-order chi connectivity index (χ1) is 17.9. The Hall–Kier alpha value is -4.46. The van der Waals surface area contributed by atoms with Crippen LogP contribution in [0.3, 0.4) is 0 Å². The van der Waals surface area contributed by atoms with Crippen molar-refractivity contribution in [3.8, 4) is 22.5 Å². The molecule has 0 unspecified atom stereocenters. The van der Waals surface area contributed by atoms with Gasteiger partial charge in [-0.3, -0.25) is 10.1 Å². The van der Waals surface area contributed by atoms with Crippen LogP contribution in [-0.4, -0.2) is 11.0 Å². The lowest BCUT2D eigenvalue weighted by atomic mass is 10.1. The predicted octanol–water partition coefficient (Wildman–Crippen LogP) is 6.90. The Morgan fingerprint density at radius 1 is 0.865 bits per heavy atom. The second-order valence-electron chi connectivity index (χ2n) is 8.05. The molecule has 5 aromatic rings. The molecule has 8 heteroatoms. The molecule has 182 valence electrons. The standard InChI is InChI=1S/C29H19ClN2O4S/c30-21-10-8-18(9-11-21)26-14-12-23(35-26)13-15-27(33)32-29(37)31-22-6-3-5-19(16-22)24-17-20-4-1-2-7-25(20)36-28(24)34/h1-17H,(H2,31,32,33,37). The number of halogens is 1. The van der Waals surface area contributed by atoms with E-state index in [-0.39, 0.29) is 5.11 Å². The molecule has 37 heavy (non-hydrogen) atoms. The van der Waals surface area contributed by atoms with Gasteiger partial charge in [0.15, 0.2) is 5.11 Å². The summed E-state index contributed by atoms with van der Waals surface area (Å²) in [5, 5.41) is 7.14. The summed E-state index contributed by atoms with van der Waals surface area (Å²) in [5.41, 5.74) is 2.66. The third kappa shape index (κ3) is 5.86. The first-order valence-electron chi connectivity index (χ1n) is 11.2. The molecule has 0 saturated heterocycles. The van der Waals surface area contributed by atoms with Gasteiger partial charge in [0.25, 0.3) is 0 Å². The van der Waals surface area contributed by atoms with E-state index in [1.165, 1.54) is 6.08 Å². The van der Waals surface area contributed by atoms with Crippen LogP contribution >= 0.6 is 23.8 Å². The molecule has 1 amide bonds. The van der Waals surface area contributed by atoms with E-state index in [4.69, 9.17) is 32.7 Å². The van der Waals surface area contributed by atoms with Crippen molar-refractivity contribution in [2.75, 3.05) is 5.32 Å². The number of furan rings is 1. The van der Waals surface area contributed by atoms with Crippen molar-refractivity contribution in [1.82, 2.24) is 5.32 Å². The van der Waals surface area contributed by atoms with Gasteiger partial charge in [-0.2, -0.15) is 0 Å². The molecule has 0 saturated carbocycles. The van der Waals surface area contributed by atoms with Crippen LogP contribution in [0.5, 0.6) is 0 Å². The van der Waals surface area contributed by atoms with Crippen LogP contribution in [0.4, 0.5) is 5.69 Å². The summed E-state index contributed by atoms with van der Waals surface area (Å²) in [6, 6.07) is 27.1. The van der Waals surface area contributed by atoms with Crippen molar-refractivity contribution in [1.29, 1.82) is 0 Å². The van der Waals surface area contributed by atoms with Crippen LogP contribution in [0.2, 0.25) is 5.02 Å². The molecule has 0 aliphatic rings. The highest BCUT2D eigenvalue weighted by atomic mass is 35.5. The topological polar surface area (TPSA) is 84.5 Å². The Bertz CT molecular complexity index is 1700. The summed E-state index contributed by atoms with van der Waals surface area (Å²) >= 11 is 11.2. The van der Waals surface area contributed by atoms with Crippen molar-refractivity contribution in [3.63, 3.8) is 0 Å².